The predicted molar refractivity (Wildman–Crippen MR) is 91.8 cm³/mol. The summed E-state index contributed by atoms with van der Waals surface area (Å²) in [5.41, 5.74) is 1.01. The fourth-order valence-electron chi connectivity index (χ4n) is 2.22. The minimum absolute atomic E-state index is 0.134. The standard InChI is InChI=1S/C20H22O4/c1-14(15(2)23-19(21)17-10-6-4-7-11-17)16(3)24-20(22)18-12-8-5-9-13-18/h4-16H,1-3H3/t14?,15-,16+. The van der Waals surface area contributed by atoms with Crippen LogP contribution in [-0.4, -0.2) is 24.1 Å². The second kappa shape index (κ2) is 8.29. The summed E-state index contributed by atoms with van der Waals surface area (Å²) in [6.45, 7) is 5.50. The highest BCUT2D eigenvalue weighted by Gasteiger charge is 2.26. The summed E-state index contributed by atoms with van der Waals surface area (Å²) in [7, 11) is 0. The molecule has 0 radical (unpaired) electrons. The second-order valence-corrected chi connectivity index (χ2v) is 5.81. The van der Waals surface area contributed by atoms with Gasteiger partial charge in [-0.25, -0.2) is 9.59 Å². The fourth-order valence-corrected chi connectivity index (χ4v) is 2.22. The van der Waals surface area contributed by atoms with Gasteiger partial charge in [-0.15, -0.1) is 0 Å². The molecule has 0 aromatic heterocycles. The van der Waals surface area contributed by atoms with Crippen LogP contribution >= 0.6 is 0 Å². The van der Waals surface area contributed by atoms with E-state index in [0.29, 0.717) is 11.1 Å². The Balaban J connectivity index is 1.91. The molecule has 0 bridgehead atoms. The van der Waals surface area contributed by atoms with E-state index in [1.165, 1.54) is 0 Å². The van der Waals surface area contributed by atoms with E-state index < -0.39 is 0 Å². The summed E-state index contributed by atoms with van der Waals surface area (Å²) >= 11 is 0. The average molecular weight is 326 g/mol. The number of hydrogen-bond donors (Lipinski definition) is 0. The van der Waals surface area contributed by atoms with E-state index in [-0.39, 0.29) is 30.1 Å². The van der Waals surface area contributed by atoms with Crippen LogP contribution in [-0.2, 0) is 9.47 Å². The van der Waals surface area contributed by atoms with E-state index >= 15 is 0 Å². The summed E-state index contributed by atoms with van der Waals surface area (Å²) in [6, 6.07) is 17.7. The molecular formula is C20H22O4. The molecular weight excluding hydrogens is 304 g/mol. The van der Waals surface area contributed by atoms with Gasteiger partial charge < -0.3 is 9.47 Å². The molecule has 0 saturated heterocycles. The van der Waals surface area contributed by atoms with Gasteiger partial charge in [-0.1, -0.05) is 43.3 Å². The summed E-state index contributed by atoms with van der Waals surface area (Å²) in [5, 5.41) is 0. The highest BCUT2D eigenvalue weighted by atomic mass is 16.6. The van der Waals surface area contributed by atoms with Crippen LogP contribution in [0.2, 0.25) is 0 Å². The maximum atomic E-state index is 12.1. The summed E-state index contributed by atoms with van der Waals surface area (Å²) in [6.07, 6.45) is -0.757. The third-order valence-corrected chi connectivity index (χ3v) is 4.09. The zero-order valence-corrected chi connectivity index (χ0v) is 14.1. The molecule has 0 saturated carbocycles. The van der Waals surface area contributed by atoms with E-state index in [9.17, 15) is 9.59 Å². The van der Waals surface area contributed by atoms with E-state index in [2.05, 4.69) is 0 Å². The summed E-state index contributed by atoms with van der Waals surface area (Å²) in [4.78, 5) is 24.2. The van der Waals surface area contributed by atoms with E-state index in [1.54, 1.807) is 62.4 Å². The van der Waals surface area contributed by atoms with Crippen LogP contribution in [0, 0.1) is 5.92 Å². The molecule has 3 atom stereocenters. The molecule has 0 aliphatic heterocycles. The van der Waals surface area contributed by atoms with Gasteiger partial charge in [0.15, 0.2) is 0 Å². The van der Waals surface area contributed by atoms with Crippen LogP contribution in [0.25, 0.3) is 0 Å². The van der Waals surface area contributed by atoms with Gasteiger partial charge in [-0.2, -0.15) is 0 Å². The van der Waals surface area contributed by atoms with Crippen molar-refractivity contribution in [3.8, 4) is 0 Å². The highest BCUT2D eigenvalue weighted by molar-refractivity contribution is 5.90. The van der Waals surface area contributed by atoms with E-state index in [0.717, 1.165) is 0 Å². The summed E-state index contributed by atoms with van der Waals surface area (Å²) < 4.78 is 11.0. The third kappa shape index (κ3) is 4.69. The quantitative estimate of drug-likeness (QED) is 0.750. The molecule has 4 nitrogen and oxygen atoms in total. The number of esters is 2. The molecule has 0 amide bonds. The van der Waals surface area contributed by atoms with Crippen molar-refractivity contribution in [3.05, 3.63) is 71.8 Å². The average Bonchev–Trinajstić information content (AvgIpc) is 2.62. The molecule has 0 aliphatic carbocycles. The lowest BCUT2D eigenvalue weighted by Gasteiger charge is -2.26. The normalized spacial score (nSPS) is 14.3. The van der Waals surface area contributed by atoms with Crippen molar-refractivity contribution in [1.82, 2.24) is 0 Å². The minimum atomic E-state index is -0.378. The van der Waals surface area contributed by atoms with Crippen molar-refractivity contribution in [1.29, 1.82) is 0 Å². The van der Waals surface area contributed by atoms with Gasteiger partial charge in [0.2, 0.25) is 0 Å². The molecule has 24 heavy (non-hydrogen) atoms. The van der Waals surface area contributed by atoms with Crippen molar-refractivity contribution >= 4 is 11.9 Å². The monoisotopic (exact) mass is 326 g/mol. The topological polar surface area (TPSA) is 52.6 Å². The first-order chi connectivity index (χ1) is 11.5. The van der Waals surface area contributed by atoms with Gasteiger partial charge in [-0.3, -0.25) is 0 Å². The van der Waals surface area contributed by atoms with Gasteiger partial charge in [0, 0.05) is 5.92 Å². The number of benzene rings is 2. The Morgan fingerprint density at radius 3 is 1.33 bits per heavy atom. The first-order valence-electron chi connectivity index (χ1n) is 8.01. The lowest BCUT2D eigenvalue weighted by Crippen LogP contribution is -2.32. The van der Waals surface area contributed by atoms with Gasteiger partial charge in [0.05, 0.1) is 11.1 Å². The zero-order valence-electron chi connectivity index (χ0n) is 14.1. The first-order valence-corrected chi connectivity index (χ1v) is 8.01. The van der Waals surface area contributed by atoms with Crippen LogP contribution in [0.1, 0.15) is 41.5 Å². The Kier molecular flexibility index (Phi) is 6.13. The van der Waals surface area contributed by atoms with Crippen molar-refractivity contribution in [2.75, 3.05) is 0 Å². The number of rotatable bonds is 6. The van der Waals surface area contributed by atoms with Crippen LogP contribution < -0.4 is 0 Å². The zero-order chi connectivity index (χ0) is 17.5. The van der Waals surface area contributed by atoms with Crippen LogP contribution in [0.3, 0.4) is 0 Å². The first kappa shape index (κ1) is 17.7. The fraction of sp³-hybridized carbons (Fsp3) is 0.300. The maximum Gasteiger partial charge on any atom is 0.338 e. The van der Waals surface area contributed by atoms with E-state index in [4.69, 9.17) is 9.47 Å². The molecule has 0 fully saturated rings. The highest BCUT2D eigenvalue weighted by Crippen LogP contribution is 2.18. The minimum Gasteiger partial charge on any atom is -0.459 e. The van der Waals surface area contributed by atoms with Crippen LogP contribution in [0.5, 0.6) is 0 Å². The van der Waals surface area contributed by atoms with Crippen molar-refractivity contribution < 1.29 is 19.1 Å². The molecule has 0 aliphatic rings. The third-order valence-electron chi connectivity index (χ3n) is 4.09. The van der Waals surface area contributed by atoms with Crippen molar-refractivity contribution in [2.45, 2.75) is 33.0 Å². The Hall–Kier alpha value is -2.62. The SMILES string of the molecule is CC([C@H](C)OC(=O)c1ccccc1)[C@@H](C)OC(=O)c1ccccc1. The van der Waals surface area contributed by atoms with Gasteiger partial charge >= 0.3 is 11.9 Å². The Morgan fingerprint density at radius 2 is 1.00 bits per heavy atom. The van der Waals surface area contributed by atoms with Crippen LogP contribution in [0.15, 0.2) is 60.7 Å². The Labute approximate surface area is 142 Å². The van der Waals surface area contributed by atoms with E-state index in [1.807, 2.05) is 19.1 Å². The molecule has 126 valence electrons. The maximum absolute atomic E-state index is 12.1. The predicted octanol–water partition coefficient (Wildman–Crippen LogP) is 4.11. The molecule has 2 aromatic carbocycles. The smallest absolute Gasteiger partial charge is 0.338 e. The van der Waals surface area contributed by atoms with Crippen molar-refractivity contribution in [2.24, 2.45) is 5.92 Å². The Bertz CT molecular complexity index is 607. The van der Waals surface area contributed by atoms with Crippen molar-refractivity contribution in [3.63, 3.8) is 0 Å². The van der Waals surface area contributed by atoms with Gasteiger partial charge in [-0.05, 0) is 38.1 Å². The molecule has 1 unspecified atom stereocenters. The number of hydrogen-bond acceptors (Lipinski definition) is 4. The molecule has 2 rings (SSSR count). The molecule has 2 aromatic rings. The van der Waals surface area contributed by atoms with Crippen LogP contribution in [0.4, 0.5) is 0 Å². The largest absolute Gasteiger partial charge is 0.459 e. The molecule has 0 heterocycles. The lowest BCUT2D eigenvalue weighted by molar-refractivity contribution is -0.0174. The molecule has 4 heteroatoms. The molecule has 0 N–H and O–H groups in total. The van der Waals surface area contributed by atoms with Gasteiger partial charge in [0.1, 0.15) is 12.2 Å². The van der Waals surface area contributed by atoms with Gasteiger partial charge in [0.25, 0.3) is 0 Å². The Morgan fingerprint density at radius 1 is 0.667 bits per heavy atom. The number of carbonyl (C=O) groups is 2. The number of ether oxygens (including phenoxy) is 2. The molecule has 0 spiro atoms. The lowest BCUT2D eigenvalue weighted by atomic mass is 10.00. The second-order valence-electron chi connectivity index (χ2n) is 5.81. The summed E-state index contributed by atoms with van der Waals surface area (Å²) in [5.74, 6) is -0.890. The number of carbonyl (C=O) groups excluding carboxylic acids is 2.